The lowest BCUT2D eigenvalue weighted by Gasteiger charge is -2.15. The van der Waals surface area contributed by atoms with Crippen molar-refractivity contribution in [2.75, 3.05) is 33.6 Å². The summed E-state index contributed by atoms with van der Waals surface area (Å²) in [5.41, 5.74) is 1.66. The van der Waals surface area contributed by atoms with Gasteiger partial charge in [0.2, 0.25) is 15.9 Å². The number of hydrogen-bond acceptors (Lipinski definition) is 7. The van der Waals surface area contributed by atoms with Crippen LogP contribution in [-0.2, 0) is 10.0 Å². The molecule has 0 aliphatic carbocycles. The first-order valence-corrected chi connectivity index (χ1v) is 11.8. The Kier molecular flexibility index (Phi) is 6.15. The number of methoxy groups -OCH3 is 1. The zero-order valence-electron chi connectivity index (χ0n) is 18.0. The molecule has 0 bridgehead atoms. The smallest absolute Gasteiger partial charge is 0.230 e. The number of fused-ring (bicyclic) bond motifs is 2. The first-order valence-electron chi connectivity index (χ1n) is 9.97. The quantitative estimate of drug-likeness (QED) is 0.384. The number of hydrogen-bond donors (Lipinski definition) is 1. The maximum Gasteiger partial charge on any atom is 0.230 e. The summed E-state index contributed by atoms with van der Waals surface area (Å²) in [4.78, 5) is 11.8. The molecule has 4 aromatic rings. The van der Waals surface area contributed by atoms with Crippen molar-refractivity contribution in [2.24, 2.45) is 0 Å². The van der Waals surface area contributed by atoms with Crippen LogP contribution in [0.25, 0.3) is 21.8 Å². The van der Waals surface area contributed by atoms with Crippen molar-refractivity contribution in [3.8, 4) is 23.1 Å². The van der Waals surface area contributed by atoms with Crippen LogP contribution in [0.15, 0.2) is 48.9 Å². The maximum absolute atomic E-state index is 11.5. The number of H-pyrrole nitrogens is 1. The average molecular weight is 457 g/mol. The van der Waals surface area contributed by atoms with Gasteiger partial charge in [0.1, 0.15) is 12.1 Å². The van der Waals surface area contributed by atoms with Crippen LogP contribution in [0.5, 0.6) is 23.1 Å². The number of aromatic amines is 1. The number of sulfonamides is 1. The number of ether oxygens (including phenoxy) is 3. The van der Waals surface area contributed by atoms with Gasteiger partial charge < -0.3 is 19.2 Å². The third-order valence-electron chi connectivity index (χ3n) is 5.06. The Labute approximate surface area is 186 Å². The van der Waals surface area contributed by atoms with Crippen molar-refractivity contribution in [3.05, 3.63) is 48.9 Å². The summed E-state index contributed by atoms with van der Waals surface area (Å²) in [5.74, 6) is 2.09. The minimum Gasteiger partial charge on any atom is -0.493 e. The van der Waals surface area contributed by atoms with E-state index in [0.29, 0.717) is 53.6 Å². The zero-order chi connectivity index (χ0) is 22.7. The number of nitrogens with one attached hydrogen (secondary N) is 1. The second-order valence-corrected chi connectivity index (χ2v) is 9.40. The Hall–Kier alpha value is -3.37. The topological polar surface area (TPSA) is 107 Å². The molecule has 0 aliphatic heterocycles. The average Bonchev–Trinajstić information content (AvgIpc) is 3.23. The van der Waals surface area contributed by atoms with E-state index in [-0.39, 0.29) is 0 Å². The van der Waals surface area contributed by atoms with Crippen LogP contribution in [0.2, 0.25) is 0 Å². The van der Waals surface area contributed by atoms with Gasteiger partial charge in [-0.1, -0.05) is 0 Å². The van der Waals surface area contributed by atoms with Crippen molar-refractivity contribution in [2.45, 2.75) is 6.42 Å². The van der Waals surface area contributed by atoms with Crippen LogP contribution in [0, 0.1) is 0 Å². The molecule has 2 heterocycles. The molecule has 0 saturated carbocycles. The highest BCUT2D eigenvalue weighted by molar-refractivity contribution is 7.88. The number of rotatable bonds is 9. The van der Waals surface area contributed by atoms with E-state index in [0.717, 1.165) is 10.9 Å². The minimum absolute atomic E-state index is 0.326. The van der Waals surface area contributed by atoms with Gasteiger partial charge in [-0.3, -0.25) is 0 Å². The zero-order valence-corrected chi connectivity index (χ0v) is 18.8. The first-order chi connectivity index (χ1) is 15.3. The molecule has 9 nitrogen and oxygen atoms in total. The van der Waals surface area contributed by atoms with Gasteiger partial charge in [0.05, 0.1) is 30.9 Å². The molecular weight excluding hydrogens is 432 g/mol. The molecule has 0 radical (unpaired) electrons. The van der Waals surface area contributed by atoms with Crippen molar-refractivity contribution >= 4 is 31.8 Å². The highest BCUT2D eigenvalue weighted by Gasteiger charge is 2.14. The number of nitrogens with zero attached hydrogens (tertiary/aromatic N) is 3. The first kappa shape index (κ1) is 21.8. The number of benzene rings is 2. The molecule has 0 unspecified atom stereocenters. The van der Waals surface area contributed by atoms with E-state index < -0.39 is 10.0 Å². The summed E-state index contributed by atoms with van der Waals surface area (Å²) >= 11 is 0. The van der Waals surface area contributed by atoms with Gasteiger partial charge >= 0.3 is 0 Å². The summed E-state index contributed by atoms with van der Waals surface area (Å²) in [6, 6.07) is 11.3. The van der Waals surface area contributed by atoms with E-state index in [2.05, 4.69) is 15.0 Å². The predicted molar refractivity (Wildman–Crippen MR) is 122 cm³/mol. The molecule has 32 heavy (non-hydrogen) atoms. The summed E-state index contributed by atoms with van der Waals surface area (Å²) in [5, 5.41) is 1.72. The van der Waals surface area contributed by atoms with Gasteiger partial charge in [-0.25, -0.2) is 22.7 Å². The molecule has 4 rings (SSSR count). The lowest BCUT2D eigenvalue weighted by molar-refractivity contribution is 0.280. The Morgan fingerprint density at radius 2 is 1.94 bits per heavy atom. The van der Waals surface area contributed by atoms with Crippen molar-refractivity contribution in [1.82, 2.24) is 19.3 Å². The highest BCUT2D eigenvalue weighted by Crippen LogP contribution is 2.36. The molecule has 2 aromatic heterocycles. The van der Waals surface area contributed by atoms with Gasteiger partial charge in [-0.05, 0) is 36.8 Å². The van der Waals surface area contributed by atoms with E-state index in [1.54, 1.807) is 19.2 Å². The number of aromatic nitrogens is 3. The van der Waals surface area contributed by atoms with E-state index in [1.165, 1.54) is 23.9 Å². The SMILES string of the molecule is COc1cc2c(Oc3ccc4[nH]ccc4c3)ncnc2cc1OCCCN(C)S(C)(=O)=O. The molecule has 1 N–H and O–H groups in total. The minimum atomic E-state index is -3.21. The Bertz CT molecular complexity index is 1350. The largest absolute Gasteiger partial charge is 0.493 e. The van der Waals surface area contributed by atoms with Crippen LogP contribution in [-0.4, -0.2) is 61.2 Å². The van der Waals surface area contributed by atoms with Crippen molar-refractivity contribution < 1.29 is 22.6 Å². The van der Waals surface area contributed by atoms with Crippen LogP contribution in [0.4, 0.5) is 0 Å². The lowest BCUT2D eigenvalue weighted by Crippen LogP contribution is -2.27. The van der Waals surface area contributed by atoms with Gasteiger partial charge in [0, 0.05) is 36.8 Å². The fourth-order valence-corrected chi connectivity index (χ4v) is 3.70. The molecule has 0 saturated heterocycles. The van der Waals surface area contributed by atoms with Crippen LogP contribution in [0.1, 0.15) is 6.42 Å². The summed E-state index contributed by atoms with van der Waals surface area (Å²) in [7, 11) is -0.118. The van der Waals surface area contributed by atoms with E-state index in [9.17, 15) is 8.42 Å². The second kappa shape index (κ2) is 9.01. The summed E-state index contributed by atoms with van der Waals surface area (Å²) in [6.45, 7) is 0.688. The molecule has 10 heteroatoms. The highest BCUT2D eigenvalue weighted by atomic mass is 32.2. The fourth-order valence-electron chi connectivity index (χ4n) is 3.24. The van der Waals surface area contributed by atoms with Crippen molar-refractivity contribution in [3.63, 3.8) is 0 Å². The third kappa shape index (κ3) is 4.76. The molecule has 0 fully saturated rings. The monoisotopic (exact) mass is 456 g/mol. The van der Waals surface area contributed by atoms with E-state index >= 15 is 0 Å². The fraction of sp³-hybridized carbons (Fsp3) is 0.273. The van der Waals surface area contributed by atoms with E-state index in [4.69, 9.17) is 14.2 Å². The summed E-state index contributed by atoms with van der Waals surface area (Å²) < 4.78 is 41.7. The Morgan fingerprint density at radius 3 is 2.72 bits per heavy atom. The van der Waals surface area contributed by atoms with Crippen LogP contribution < -0.4 is 14.2 Å². The van der Waals surface area contributed by atoms with Crippen LogP contribution >= 0.6 is 0 Å². The van der Waals surface area contributed by atoms with Gasteiger partial charge in [0.15, 0.2) is 11.5 Å². The molecule has 0 atom stereocenters. The Balaban J connectivity index is 1.54. The molecule has 0 spiro atoms. The predicted octanol–water partition coefficient (Wildman–Crippen LogP) is 3.57. The molecule has 0 amide bonds. The Morgan fingerprint density at radius 1 is 1.09 bits per heavy atom. The molecular formula is C22H24N4O5S. The van der Waals surface area contributed by atoms with Gasteiger partial charge in [-0.2, -0.15) is 0 Å². The second-order valence-electron chi connectivity index (χ2n) is 7.31. The van der Waals surface area contributed by atoms with E-state index in [1.807, 2.05) is 30.5 Å². The molecule has 2 aromatic carbocycles. The van der Waals surface area contributed by atoms with Gasteiger partial charge in [0.25, 0.3) is 0 Å². The third-order valence-corrected chi connectivity index (χ3v) is 6.38. The van der Waals surface area contributed by atoms with Gasteiger partial charge in [-0.15, -0.1) is 0 Å². The lowest BCUT2D eigenvalue weighted by atomic mass is 10.2. The van der Waals surface area contributed by atoms with Crippen molar-refractivity contribution in [1.29, 1.82) is 0 Å². The standard InChI is InChI=1S/C22H24N4O5S/c1-26(32(3,27)28)9-4-10-30-21-13-19-17(12-20(21)29-2)22(25-14-24-19)31-16-5-6-18-15(11-16)7-8-23-18/h5-8,11-14,23H,4,9-10H2,1-3H3. The molecule has 168 valence electrons. The van der Waals surface area contributed by atoms with Crippen LogP contribution in [0.3, 0.4) is 0 Å². The normalized spacial score (nSPS) is 11.9. The maximum atomic E-state index is 11.5. The molecule has 0 aliphatic rings. The summed E-state index contributed by atoms with van der Waals surface area (Å²) in [6.07, 6.45) is 5.02.